The van der Waals surface area contributed by atoms with Crippen molar-refractivity contribution in [2.24, 2.45) is 11.3 Å². The van der Waals surface area contributed by atoms with Crippen molar-refractivity contribution in [1.82, 2.24) is 14.8 Å². The molecule has 182 valence electrons. The van der Waals surface area contributed by atoms with Crippen LogP contribution in [0, 0.1) is 11.3 Å². The second kappa shape index (κ2) is 8.08. The van der Waals surface area contributed by atoms with Crippen molar-refractivity contribution in [3.63, 3.8) is 0 Å². The van der Waals surface area contributed by atoms with Gasteiger partial charge in [0, 0.05) is 22.8 Å². The monoisotopic (exact) mass is 474 g/mol. The Morgan fingerprint density at radius 3 is 2.38 bits per heavy atom. The summed E-state index contributed by atoms with van der Waals surface area (Å²) in [4.78, 5) is 16.2. The Labute approximate surface area is 196 Å². The zero-order valence-corrected chi connectivity index (χ0v) is 19.9. The van der Waals surface area contributed by atoms with Gasteiger partial charge in [0.2, 0.25) is 0 Å². The molecule has 0 unspecified atom stereocenters. The predicted molar refractivity (Wildman–Crippen MR) is 123 cm³/mol. The van der Waals surface area contributed by atoms with Crippen LogP contribution in [-0.4, -0.2) is 25.8 Å². The average Bonchev–Trinajstić information content (AvgIpc) is 3.06. The summed E-state index contributed by atoms with van der Waals surface area (Å²) in [5.74, 6) is -0.179. The van der Waals surface area contributed by atoms with Crippen LogP contribution in [0.3, 0.4) is 0 Å². The molecule has 34 heavy (non-hydrogen) atoms. The smallest absolute Gasteiger partial charge is 0.386 e. The number of nitrogens with zero attached hydrogens (tertiary/aromatic N) is 3. The van der Waals surface area contributed by atoms with Gasteiger partial charge >= 0.3 is 6.18 Å². The standard InChI is InChI=1S/C25H29F3N4O2/c1-23(2,3)15-10-16(11-15)32-13-14-9-20(17(24(4,5)34)12-19(14)31-32)30-22(33)18-7-6-8-21(29-18)25(26,27)28/h6-9,12-13,15-16,34H,10-11H2,1-5H3,(H,30,33). The summed E-state index contributed by atoms with van der Waals surface area (Å²) in [5, 5.41) is 18.8. The molecular weight excluding hydrogens is 445 g/mol. The lowest BCUT2D eigenvalue weighted by Gasteiger charge is -2.43. The van der Waals surface area contributed by atoms with Gasteiger partial charge in [-0.05, 0) is 62.3 Å². The zero-order chi connectivity index (χ0) is 25.1. The van der Waals surface area contributed by atoms with Gasteiger partial charge in [-0.25, -0.2) is 4.98 Å². The molecule has 6 nitrogen and oxygen atoms in total. The van der Waals surface area contributed by atoms with Crippen LogP contribution in [0.2, 0.25) is 0 Å². The molecule has 1 aliphatic carbocycles. The highest BCUT2D eigenvalue weighted by Crippen LogP contribution is 2.47. The molecule has 3 aromatic rings. The maximum Gasteiger partial charge on any atom is 0.433 e. The number of amides is 1. The summed E-state index contributed by atoms with van der Waals surface area (Å²) >= 11 is 0. The number of pyridine rings is 1. The summed E-state index contributed by atoms with van der Waals surface area (Å²) < 4.78 is 41.0. The normalized spacial score (nSPS) is 19.2. The third-order valence-electron chi connectivity index (χ3n) is 6.55. The molecule has 1 aliphatic rings. The van der Waals surface area contributed by atoms with Crippen molar-refractivity contribution in [3.05, 3.63) is 53.5 Å². The zero-order valence-electron chi connectivity index (χ0n) is 19.9. The molecule has 2 heterocycles. The Bertz CT molecular complexity index is 1230. The quantitative estimate of drug-likeness (QED) is 0.491. The number of fused-ring (bicyclic) bond motifs is 1. The van der Waals surface area contributed by atoms with Crippen molar-refractivity contribution in [2.75, 3.05) is 5.32 Å². The van der Waals surface area contributed by atoms with Crippen LogP contribution in [0.4, 0.5) is 18.9 Å². The first kappa shape index (κ1) is 24.2. The summed E-state index contributed by atoms with van der Waals surface area (Å²) in [6.07, 6.45) is -0.692. The van der Waals surface area contributed by atoms with Crippen LogP contribution < -0.4 is 5.32 Å². The molecule has 1 amide bonds. The SMILES string of the molecule is CC(C)(O)c1cc2nn(C3CC(C(C)(C)C)C3)cc2cc1NC(=O)c1cccc(C(F)(F)F)n1. The van der Waals surface area contributed by atoms with Gasteiger partial charge in [-0.15, -0.1) is 0 Å². The summed E-state index contributed by atoms with van der Waals surface area (Å²) in [7, 11) is 0. The van der Waals surface area contributed by atoms with Crippen molar-refractivity contribution in [2.45, 2.75) is 65.3 Å². The first-order valence-corrected chi connectivity index (χ1v) is 11.2. The lowest BCUT2D eigenvalue weighted by Crippen LogP contribution is -2.35. The Hall–Kier alpha value is -2.94. The second-order valence-corrected chi connectivity index (χ2v) is 10.7. The largest absolute Gasteiger partial charge is 0.433 e. The minimum absolute atomic E-state index is 0.242. The molecule has 1 saturated carbocycles. The van der Waals surface area contributed by atoms with Gasteiger partial charge in [0.25, 0.3) is 5.91 Å². The van der Waals surface area contributed by atoms with E-state index in [1.54, 1.807) is 26.0 Å². The van der Waals surface area contributed by atoms with E-state index in [1.807, 2.05) is 10.9 Å². The molecule has 0 atom stereocenters. The number of nitrogens with one attached hydrogen (secondary N) is 1. The van der Waals surface area contributed by atoms with Gasteiger partial charge in [-0.2, -0.15) is 18.3 Å². The molecule has 0 bridgehead atoms. The number of benzene rings is 1. The van der Waals surface area contributed by atoms with Gasteiger partial charge in [-0.1, -0.05) is 26.8 Å². The Kier molecular flexibility index (Phi) is 5.75. The van der Waals surface area contributed by atoms with Crippen molar-refractivity contribution in [1.29, 1.82) is 0 Å². The summed E-state index contributed by atoms with van der Waals surface area (Å²) in [5.41, 5.74) is -1.21. The van der Waals surface area contributed by atoms with Crippen LogP contribution in [-0.2, 0) is 11.8 Å². The van der Waals surface area contributed by atoms with Gasteiger partial charge in [0.1, 0.15) is 11.4 Å². The van der Waals surface area contributed by atoms with E-state index in [0.29, 0.717) is 22.7 Å². The molecule has 1 fully saturated rings. The highest BCUT2D eigenvalue weighted by atomic mass is 19.4. The number of carbonyl (C=O) groups is 1. The fraction of sp³-hybridized carbons (Fsp3) is 0.480. The molecule has 2 N–H and O–H groups in total. The Balaban J connectivity index is 1.65. The van der Waals surface area contributed by atoms with Crippen LogP contribution in [0.25, 0.3) is 10.9 Å². The number of rotatable bonds is 4. The minimum Gasteiger partial charge on any atom is -0.386 e. The first-order valence-electron chi connectivity index (χ1n) is 11.2. The fourth-order valence-corrected chi connectivity index (χ4v) is 4.30. The highest BCUT2D eigenvalue weighted by molar-refractivity contribution is 6.04. The van der Waals surface area contributed by atoms with E-state index in [0.717, 1.165) is 30.4 Å². The molecule has 9 heteroatoms. The summed E-state index contributed by atoms with van der Waals surface area (Å²) in [6.45, 7) is 9.85. The lowest BCUT2D eigenvalue weighted by molar-refractivity contribution is -0.141. The molecule has 0 aliphatic heterocycles. The third kappa shape index (κ3) is 4.80. The van der Waals surface area contributed by atoms with Gasteiger partial charge in [0.15, 0.2) is 0 Å². The van der Waals surface area contributed by atoms with Crippen LogP contribution in [0.15, 0.2) is 36.5 Å². The number of hydrogen-bond acceptors (Lipinski definition) is 4. The van der Waals surface area contributed by atoms with E-state index in [9.17, 15) is 23.1 Å². The van der Waals surface area contributed by atoms with Gasteiger partial charge in [-0.3, -0.25) is 9.48 Å². The highest BCUT2D eigenvalue weighted by Gasteiger charge is 2.38. The molecule has 0 saturated heterocycles. The lowest BCUT2D eigenvalue weighted by atomic mass is 9.66. The molecule has 0 radical (unpaired) electrons. The van der Waals surface area contributed by atoms with E-state index in [-0.39, 0.29) is 17.2 Å². The molecule has 0 spiro atoms. The van der Waals surface area contributed by atoms with Crippen molar-refractivity contribution < 1.29 is 23.1 Å². The van der Waals surface area contributed by atoms with E-state index in [2.05, 4.69) is 31.1 Å². The number of aliphatic hydroxyl groups is 1. The summed E-state index contributed by atoms with van der Waals surface area (Å²) in [6, 6.07) is 6.85. The molecule has 4 rings (SSSR count). The van der Waals surface area contributed by atoms with E-state index < -0.39 is 23.4 Å². The van der Waals surface area contributed by atoms with E-state index in [1.165, 1.54) is 6.07 Å². The maximum atomic E-state index is 13.0. The number of hydrogen-bond donors (Lipinski definition) is 2. The van der Waals surface area contributed by atoms with E-state index >= 15 is 0 Å². The second-order valence-electron chi connectivity index (χ2n) is 10.7. The molecular formula is C25H29F3N4O2. The number of alkyl halides is 3. The number of halogens is 3. The number of anilines is 1. The first-order chi connectivity index (χ1) is 15.6. The minimum atomic E-state index is -4.66. The van der Waals surface area contributed by atoms with Crippen LogP contribution in [0.5, 0.6) is 0 Å². The van der Waals surface area contributed by atoms with Gasteiger partial charge in [0.05, 0.1) is 17.2 Å². The van der Waals surface area contributed by atoms with Crippen molar-refractivity contribution >= 4 is 22.5 Å². The number of carbonyl (C=O) groups excluding carboxylic acids is 1. The Morgan fingerprint density at radius 2 is 1.79 bits per heavy atom. The van der Waals surface area contributed by atoms with E-state index in [4.69, 9.17) is 5.10 Å². The average molecular weight is 475 g/mol. The van der Waals surface area contributed by atoms with Crippen LogP contribution >= 0.6 is 0 Å². The van der Waals surface area contributed by atoms with Crippen molar-refractivity contribution in [3.8, 4) is 0 Å². The maximum absolute atomic E-state index is 13.0. The number of aromatic nitrogens is 3. The van der Waals surface area contributed by atoms with Gasteiger partial charge < -0.3 is 10.4 Å². The Morgan fingerprint density at radius 1 is 1.12 bits per heavy atom. The molecule has 2 aromatic heterocycles. The van der Waals surface area contributed by atoms with Crippen LogP contribution in [0.1, 0.15) is 75.2 Å². The third-order valence-corrected chi connectivity index (χ3v) is 6.55. The predicted octanol–water partition coefficient (Wildman–Crippen LogP) is 5.93. The fourth-order valence-electron chi connectivity index (χ4n) is 4.30. The molecule has 1 aromatic carbocycles. The topological polar surface area (TPSA) is 80.0 Å².